The van der Waals surface area contributed by atoms with Crippen molar-refractivity contribution in [2.75, 3.05) is 0 Å². The van der Waals surface area contributed by atoms with Crippen molar-refractivity contribution < 1.29 is 5.11 Å². The van der Waals surface area contributed by atoms with E-state index in [0.717, 1.165) is 17.7 Å². The maximum atomic E-state index is 10.2. The normalized spacial score (nSPS) is 19.2. The first kappa shape index (κ1) is 11.9. The van der Waals surface area contributed by atoms with E-state index in [2.05, 4.69) is 5.10 Å². The van der Waals surface area contributed by atoms with Crippen LogP contribution < -0.4 is 0 Å². The highest BCUT2D eigenvalue weighted by atomic mass is 35.5. The molecule has 4 heteroatoms. The molecule has 0 aromatic carbocycles. The number of aryl methyl sites for hydroxylation is 2. The SMILES string of the molecule is Cc1nn(C)c(Cl)c1C(O)CC1CCCC1. The monoisotopic (exact) mass is 242 g/mol. The molecule has 1 heterocycles. The number of aromatic nitrogens is 2. The second-order valence-corrected chi connectivity index (χ2v) is 5.17. The van der Waals surface area contributed by atoms with Gasteiger partial charge in [0.25, 0.3) is 0 Å². The van der Waals surface area contributed by atoms with Crippen LogP contribution in [0.5, 0.6) is 0 Å². The van der Waals surface area contributed by atoms with Gasteiger partial charge in [-0.05, 0) is 19.3 Å². The van der Waals surface area contributed by atoms with Crippen LogP contribution in [0, 0.1) is 12.8 Å². The largest absolute Gasteiger partial charge is 0.388 e. The van der Waals surface area contributed by atoms with Gasteiger partial charge < -0.3 is 5.11 Å². The van der Waals surface area contributed by atoms with Gasteiger partial charge in [0.05, 0.1) is 11.8 Å². The molecular formula is C12H19ClN2O. The lowest BCUT2D eigenvalue weighted by Gasteiger charge is -2.15. The summed E-state index contributed by atoms with van der Waals surface area (Å²) in [5, 5.41) is 15.0. The summed E-state index contributed by atoms with van der Waals surface area (Å²) in [6, 6.07) is 0. The first-order valence-corrected chi connectivity index (χ1v) is 6.34. The van der Waals surface area contributed by atoms with Crippen LogP contribution in [-0.4, -0.2) is 14.9 Å². The molecule has 0 bridgehead atoms. The van der Waals surface area contributed by atoms with E-state index in [1.807, 2.05) is 6.92 Å². The summed E-state index contributed by atoms with van der Waals surface area (Å²) in [6.07, 6.45) is 5.46. The average molecular weight is 243 g/mol. The number of hydrogen-bond acceptors (Lipinski definition) is 2. The summed E-state index contributed by atoms with van der Waals surface area (Å²) in [5.74, 6) is 0.658. The Bertz CT molecular complexity index is 369. The Kier molecular flexibility index (Phi) is 3.55. The molecule has 0 saturated heterocycles. The van der Waals surface area contributed by atoms with E-state index in [1.54, 1.807) is 11.7 Å². The van der Waals surface area contributed by atoms with E-state index in [4.69, 9.17) is 11.6 Å². The lowest BCUT2D eigenvalue weighted by molar-refractivity contribution is 0.144. The number of aliphatic hydroxyl groups is 1. The topological polar surface area (TPSA) is 38.0 Å². The van der Waals surface area contributed by atoms with Crippen molar-refractivity contribution in [1.82, 2.24) is 9.78 Å². The molecule has 1 atom stereocenters. The van der Waals surface area contributed by atoms with E-state index in [0.29, 0.717) is 11.1 Å². The average Bonchev–Trinajstić information content (AvgIpc) is 2.77. The molecule has 1 fully saturated rings. The van der Waals surface area contributed by atoms with Crippen LogP contribution >= 0.6 is 11.6 Å². The fourth-order valence-corrected chi connectivity index (χ4v) is 3.01. The van der Waals surface area contributed by atoms with Crippen LogP contribution in [0.15, 0.2) is 0 Å². The third-order valence-electron chi connectivity index (χ3n) is 3.56. The highest BCUT2D eigenvalue weighted by molar-refractivity contribution is 6.30. The summed E-state index contributed by atoms with van der Waals surface area (Å²) >= 11 is 6.13. The number of rotatable bonds is 3. The summed E-state index contributed by atoms with van der Waals surface area (Å²) in [4.78, 5) is 0. The van der Waals surface area contributed by atoms with Crippen LogP contribution in [0.1, 0.15) is 49.5 Å². The molecule has 1 aromatic rings. The minimum atomic E-state index is -0.454. The Balaban J connectivity index is 2.10. The smallest absolute Gasteiger partial charge is 0.132 e. The molecule has 0 spiro atoms. The Morgan fingerprint density at radius 3 is 2.62 bits per heavy atom. The molecule has 2 rings (SSSR count). The van der Waals surface area contributed by atoms with Crippen LogP contribution in [0.2, 0.25) is 5.15 Å². The predicted octanol–water partition coefficient (Wildman–Crippen LogP) is 3.00. The molecule has 0 amide bonds. The molecule has 16 heavy (non-hydrogen) atoms. The summed E-state index contributed by atoms with van der Waals surface area (Å²) in [6.45, 7) is 1.90. The van der Waals surface area contributed by atoms with Crippen LogP contribution in [0.4, 0.5) is 0 Å². The van der Waals surface area contributed by atoms with Crippen LogP contribution in [0.3, 0.4) is 0 Å². The molecule has 1 N–H and O–H groups in total. The number of nitrogens with zero attached hydrogens (tertiary/aromatic N) is 2. The zero-order valence-corrected chi connectivity index (χ0v) is 10.7. The standard InChI is InChI=1S/C12H19ClN2O/c1-8-11(12(13)15(2)14-8)10(16)7-9-5-3-4-6-9/h9-10,16H,3-7H2,1-2H3. The molecule has 1 aliphatic rings. The summed E-state index contributed by atoms with van der Waals surface area (Å²) in [5.41, 5.74) is 1.66. The molecule has 3 nitrogen and oxygen atoms in total. The molecule has 0 aliphatic heterocycles. The van der Waals surface area contributed by atoms with Gasteiger partial charge in [-0.3, -0.25) is 4.68 Å². The third kappa shape index (κ3) is 2.25. The van der Waals surface area contributed by atoms with E-state index >= 15 is 0 Å². The fourth-order valence-electron chi connectivity index (χ4n) is 2.70. The predicted molar refractivity (Wildman–Crippen MR) is 64.5 cm³/mol. The van der Waals surface area contributed by atoms with Gasteiger partial charge in [0, 0.05) is 12.6 Å². The Morgan fingerprint density at radius 2 is 2.12 bits per heavy atom. The van der Waals surface area contributed by atoms with Gasteiger partial charge in [-0.2, -0.15) is 5.10 Å². The lowest BCUT2D eigenvalue weighted by Crippen LogP contribution is -2.05. The van der Waals surface area contributed by atoms with E-state index in [1.165, 1.54) is 25.7 Å². The molecule has 90 valence electrons. The Labute approximate surface area is 101 Å². The van der Waals surface area contributed by atoms with Crippen LogP contribution in [0.25, 0.3) is 0 Å². The number of halogens is 1. The molecule has 1 aromatic heterocycles. The van der Waals surface area contributed by atoms with Crippen molar-refractivity contribution in [1.29, 1.82) is 0 Å². The molecule has 1 saturated carbocycles. The summed E-state index contributed by atoms with van der Waals surface area (Å²) < 4.78 is 1.63. The van der Waals surface area contributed by atoms with E-state index < -0.39 is 6.10 Å². The van der Waals surface area contributed by atoms with E-state index in [-0.39, 0.29) is 0 Å². The minimum absolute atomic E-state index is 0.454. The van der Waals surface area contributed by atoms with Crippen LogP contribution in [-0.2, 0) is 7.05 Å². The zero-order valence-electron chi connectivity index (χ0n) is 9.91. The maximum Gasteiger partial charge on any atom is 0.132 e. The maximum absolute atomic E-state index is 10.2. The minimum Gasteiger partial charge on any atom is -0.388 e. The van der Waals surface area contributed by atoms with Crippen molar-refractivity contribution in [2.45, 2.75) is 45.1 Å². The van der Waals surface area contributed by atoms with Gasteiger partial charge in [0.2, 0.25) is 0 Å². The second kappa shape index (κ2) is 4.76. The van der Waals surface area contributed by atoms with Crippen molar-refractivity contribution in [3.05, 3.63) is 16.4 Å². The Morgan fingerprint density at radius 1 is 1.50 bits per heavy atom. The van der Waals surface area contributed by atoms with Crippen molar-refractivity contribution in [2.24, 2.45) is 13.0 Å². The highest BCUT2D eigenvalue weighted by Gasteiger charge is 2.24. The van der Waals surface area contributed by atoms with Gasteiger partial charge in [-0.25, -0.2) is 0 Å². The number of aliphatic hydroxyl groups excluding tert-OH is 1. The molecule has 1 aliphatic carbocycles. The third-order valence-corrected chi connectivity index (χ3v) is 4.01. The van der Waals surface area contributed by atoms with Crippen molar-refractivity contribution in [3.63, 3.8) is 0 Å². The van der Waals surface area contributed by atoms with E-state index in [9.17, 15) is 5.11 Å². The van der Waals surface area contributed by atoms with Gasteiger partial charge in [0.1, 0.15) is 5.15 Å². The molecule has 1 unspecified atom stereocenters. The zero-order chi connectivity index (χ0) is 11.7. The second-order valence-electron chi connectivity index (χ2n) is 4.82. The molecular weight excluding hydrogens is 224 g/mol. The first-order valence-electron chi connectivity index (χ1n) is 5.96. The first-order chi connectivity index (χ1) is 7.59. The highest BCUT2D eigenvalue weighted by Crippen LogP contribution is 2.35. The molecule has 0 radical (unpaired) electrons. The Hall–Kier alpha value is -0.540. The summed E-state index contributed by atoms with van der Waals surface area (Å²) in [7, 11) is 1.81. The number of hydrogen-bond donors (Lipinski definition) is 1. The van der Waals surface area contributed by atoms with Gasteiger partial charge in [-0.1, -0.05) is 37.3 Å². The van der Waals surface area contributed by atoms with Crippen molar-refractivity contribution in [3.8, 4) is 0 Å². The quantitative estimate of drug-likeness (QED) is 0.885. The van der Waals surface area contributed by atoms with Crippen molar-refractivity contribution >= 4 is 11.6 Å². The van der Waals surface area contributed by atoms with Gasteiger partial charge in [-0.15, -0.1) is 0 Å². The van der Waals surface area contributed by atoms with Gasteiger partial charge >= 0.3 is 0 Å². The van der Waals surface area contributed by atoms with Gasteiger partial charge in [0.15, 0.2) is 0 Å². The fraction of sp³-hybridized carbons (Fsp3) is 0.750. The lowest BCUT2D eigenvalue weighted by atomic mass is 9.96.